The van der Waals surface area contributed by atoms with Crippen LogP contribution in [0, 0.1) is 0 Å². The van der Waals surface area contributed by atoms with Gasteiger partial charge in [0, 0.05) is 17.2 Å². The second-order valence-electron chi connectivity index (χ2n) is 7.43. The van der Waals surface area contributed by atoms with Crippen LogP contribution >= 0.6 is 0 Å². The van der Waals surface area contributed by atoms with Crippen molar-refractivity contribution >= 4 is 11.9 Å². The average molecular weight is 470 g/mol. The minimum Gasteiger partial charge on any atom is -0.482 e. The third kappa shape index (κ3) is 6.20. The molecule has 8 nitrogen and oxygen atoms in total. The molecule has 0 bridgehead atoms. The monoisotopic (exact) mass is 470 g/mol. The topological polar surface area (TPSA) is 108 Å². The van der Waals surface area contributed by atoms with E-state index >= 15 is 0 Å². The first-order chi connectivity index (χ1) is 17.0. The van der Waals surface area contributed by atoms with E-state index in [0.29, 0.717) is 17.3 Å². The predicted molar refractivity (Wildman–Crippen MR) is 129 cm³/mol. The SMILES string of the molecule is COC(=O)COc1ccc(-c2ccc(-c3nc(OCC(=O)O)cc(-c4ccccc4)n3)cc2)cc1. The highest BCUT2D eigenvalue weighted by atomic mass is 16.6. The Hall–Kier alpha value is -4.72. The molecule has 0 aliphatic rings. The summed E-state index contributed by atoms with van der Waals surface area (Å²) < 4.78 is 15.3. The number of aliphatic carboxylic acids is 1. The van der Waals surface area contributed by atoms with E-state index in [1.54, 1.807) is 18.2 Å². The molecule has 4 rings (SSSR count). The zero-order chi connectivity index (χ0) is 24.6. The van der Waals surface area contributed by atoms with E-state index in [9.17, 15) is 9.59 Å². The van der Waals surface area contributed by atoms with Crippen LogP contribution in [0.25, 0.3) is 33.8 Å². The van der Waals surface area contributed by atoms with Crippen molar-refractivity contribution in [2.24, 2.45) is 0 Å². The average Bonchev–Trinajstić information content (AvgIpc) is 2.91. The Balaban J connectivity index is 1.57. The first-order valence-corrected chi connectivity index (χ1v) is 10.7. The fraction of sp³-hybridized carbons (Fsp3) is 0.111. The Kier molecular flexibility index (Phi) is 7.32. The van der Waals surface area contributed by atoms with Crippen LogP contribution in [0.2, 0.25) is 0 Å². The van der Waals surface area contributed by atoms with E-state index in [1.165, 1.54) is 7.11 Å². The number of carboxylic acid groups (broad SMARTS) is 1. The van der Waals surface area contributed by atoms with E-state index in [-0.39, 0.29) is 12.5 Å². The minimum absolute atomic E-state index is 0.148. The van der Waals surface area contributed by atoms with Crippen LogP contribution < -0.4 is 9.47 Å². The lowest BCUT2D eigenvalue weighted by Gasteiger charge is -2.10. The van der Waals surface area contributed by atoms with Gasteiger partial charge in [0.25, 0.3) is 0 Å². The molecule has 176 valence electrons. The molecule has 0 atom stereocenters. The molecule has 4 aromatic rings. The van der Waals surface area contributed by atoms with E-state index < -0.39 is 18.5 Å². The van der Waals surface area contributed by atoms with Crippen molar-refractivity contribution in [1.82, 2.24) is 9.97 Å². The van der Waals surface area contributed by atoms with Gasteiger partial charge in [-0.2, -0.15) is 4.98 Å². The number of aromatic nitrogens is 2. The summed E-state index contributed by atoms with van der Waals surface area (Å²) in [5, 5.41) is 8.97. The molecule has 3 aromatic carbocycles. The zero-order valence-corrected chi connectivity index (χ0v) is 18.9. The summed E-state index contributed by atoms with van der Waals surface area (Å²) in [4.78, 5) is 31.2. The van der Waals surface area contributed by atoms with E-state index in [1.807, 2.05) is 66.7 Å². The third-order valence-corrected chi connectivity index (χ3v) is 5.03. The maximum atomic E-state index is 11.2. The highest BCUT2D eigenvalue weighted by molar-refractivity contribution is 5.72. The molecule has 1 aromatic heterocycles. The number of carbonyl (C=O) groups is 2. The third-order valence-electron chi connectivity index (χ3n) is 5.03. The van der Waals surface area contributed by atoms with Gasteiger partial charge in [0.15, 0.2) is 19.0 Å². The van der Waals surface area contributed by atoms with Crippen LogP contribution in [0.5, 0.6) is 11.6 Å². The van der Waals surface area contributed by atoms with Crippen molar-refractivity contribution in [3.63, 3.8) is 0 Å². The van der Waals surface area contributed by atoms with Crippen molar-refractivity contribution in [2.75, 3.05) is 20.3 Å². The summed E-state index contributed by atoms with van der Waals surface area (Å²) in [6.45, 7) is -0.645. The molecule has 0 amide bonds. The molecule has 35 heavy (non-hydrogen) atoms. The van der Waals surface area contributed by atoms with Gasteiger partial charge in [-0.05, 0) is 23.3 Å². The van der Waals surface area contributed by atoms with Gasteiger partial charge in [-0.15, -0.1) is 0 Å². The molecule has 0 aliphatic heterocycles. The zero-order valence-electron chi connectivity index (χ0n) is 18.9. The quantitative estimate of drug-likeness (QED) is 0.357. The molecular formula is C27H22N2O6. The molecule has 0 unspecified atom stereocenters. The molecule has 0 spiro atoms. The molecule has 8 heteroatoms. The van der Waals surface area contributed by atoms with Gasteiger partial charge >= 0.3 is 11.9 Å². The second kappa shape index (κ2) is 10.9. The Labute approximate surface area is 201 Å². The lowest BCUT2D eigenvalue weighted by molar-refractivity contribution is -0.143. The lowest BCUT2D eigenvalue weighted by atomic mass is 10.0. The summed E-state index contributed by atoms with van der Waals surface area (Å²) in [5.74, 6) is -0.360. The van der Waals surface area contributed by atoms with Gasteiger partial charge in [-0.1, -0.05) is 66.7 Å². The van der Waals surface area contributed by atoms with Gasteiger partial charge in [-0.3, -0.25) is 0 Å². The number of nitrogens with zero attached hydrogens (tertiary/aromatic N) is 2. The largest absolute Gasteiger partial charge is 0.482 e. The van der Waals surface area contributed by atoms with E-state index in [2.05, 4.69) is 14.7 Å². The maximum absolute atomic E-state index is 11.2. The van der Waals surface area contributed by atoms with Gasteiger partial charge in [0.05, 0.1) is 12.8 Å². The molecule has 0 aliphatic carbocycles. The summed E-state index contributed by atoms with van der Waals surface area (Å²) >= 11 is 0. The standard InChI is InChI=1S/C27H22N2O6/c1-33-26(32)17-34-22-13-11-19(12-14-22)18-7-9-21(10-8-18)27-28-23(20-5-3-2-4-6-20)15-24(29-27)35-16-25(30)31/h2-15H,16-17H2,1H3,(H,30,31). The fourth-order valence-corrected chi connectivity index (χ4v) is 3.28. The normalized spacial score (nSPS) is 10.4. The molecule has 0 radical (unpaired) electrons. The van der Waals surface area contributed by atoms with Crippen LogP contribution in [0.4, 0.5) is 0 Å². The number of benzene rings is 3. The van der Waals surface area contributed by atoms with Crippen LogP contribution in [0.1, 0.15) is 0 Å². The maximum Gasteiger partial charge on any atom is 0.343 e. The van der Waals surface area contributed by atoms with Crippen LogP contribution in [0.15, 0.2) is 84.9 Å². The lowest BCUT2D eigenvalue weighted by Crippen LogP contribution is -2.12. The molecule has 1 heterocycles. The molecule has 0 saturated carbocycles. The molecule has 1 N–H and O–H groups in total. The number of carboxylic acids is 1. The van der Waals surface area contributed by atoms with Crippen LogP contribution in [-0.4, -0.2) is 47.3 Å². The van der Waals surface area contributed by atoms with Crippen LogP contribution in [0.3, 0.4) is 0 Å². The first-order valence-electron chi connectivity index (χ1n) is 10.7. The Morgan fingerprint density at radius 3 is 2.00 bits per heavy atom. The number of hydrogen-bond acceptors (Lipinski definition) is 7. The van der Waals surface area contributed by atoms with Crippen LogP contribution in [-0.2, 0) is 14.3 Å². The minimum atomic E-state index is -1.09. The molecule has 0 saturated heterocycles. The summed E-state index contributed by atoms with van der Waals surface area (Å²) in [7, 11) is 1.31. The smallest absolute Gasteiger partial charge is 0.343 e. The molecular weight excluding hydrogens is 448 g/mol. The van der Waals surface area contributed by atoms with Gasteiger partial charge < -0.3 is 19.3 Å². The number of hydrogen-bond donors (Lipinski definition) is 1. The Bertz CT molecular complexity index is 1310. The van der Waals surface area contributed by atoms with Crippen molar-refractivity contribution in [1.29, 1.82) is 0 Å². The van der Waals surface area contributed by atoms with E-state index in [4.69, 9.17) is 14.6 Å². The Morgan fingerprint density at radius 1 is 0.743 bits per heavy atom. The van der Waals surface area contributed by atoms with Crippen molar-refractivity contribution in [3.8, 4) is 45.4 Å². The second-order valence-corrected chi connectivity index (χ2v) is 7.43. The highest BCUT2D eigenvalue weighted by Gasteiger charge is 2.11. The van der Waals surface area contributed by atoms with Crippen molar-refractivity contribution in [2.45, 2.75) is 0 Å². The van der Waals surface area contributed by atoms with Crippen molar-refractivity contribution < 1.29 is 28.9 Å². The number of esters is 1. The predicted octanol–water partition coefficient (Wildman–Crippen LogP) is 4.49. The summed E-state index contributed by atoms with van der Waals surface area (Å²) in [5.41, 5.74) is 4.18. The number of methoxy groups -OCH3 is 1. The summed E-state index contributed by atoms with van der Waals surface area (Å²) in [6, 6.07) is 26.2. The van der Waals surface area contributed by atoms with Gasteiger partial charge in [0.1, 0.15) is 5.75 Å². The Morgan fingerprint density at radius 2 is 1.37 bits per heavy atom. The number of rotatable bonds is 9. The van der Waals surface area contributed by atoms with Gasteiger partial charge in [0.2, 0.25) is 5.88 Å². The van der Waals surface area contributed by atoms with Gasteiger partial charge in [-0.25, -0.2) is 14.6 Å². The van der Waals surface area contributed by atoms with Crippen molar-refractivity contribution in [3.05, 3.63) is 84.9 Å². The first kappa shape index (κ1) is 23.4. The van der Waals surface area contributed by atoms with E-state index in [0.717, 1.165) is 22.3 Å². The number of carbonyl (C=O) groups excluding carboxylic acids is 1. The molecule has 0 fully saturated rings. The highest BCUT2D eigenvalue weighted by Crippen LogP contribution is 2.28. The fourth-order valence-electron chi connectivity index (χ4n) is 3.28. The number of ether oxygens (including phenoxy) is 3. The summed E-state index contributed by atoms with van der Waals surface area (Å²) in [6.07, 6.45) is 0.